The molecule has 0 saturated carbocycles. The van der Waals surface area contributed by atoms with Crippen LogP contribution in [0.15, 0.2) is 11.1 Å². The second kappa shape index (κ2) is 7.13. The van der Waals surface area contributed by atoms with E-state index in [2.05, 4.69) is 9.78 Å². The summed E-state index contributed by atoms with van der Waals surface area (Å²) in [6, 6.07) is 0. The predicted octanol–water partition coefficient (Wildman–Crippen LogP) is 2.55. The van der Waals surface area contributed by atoms with Crippen molar-refractivity contribution in [2.45, 2.75) is 47.0 Å². The van der Waals surface area contributed by atoms with Crippen LogP contribution in [0.25, 0.3) is 0 Å². The van der Waals surface area contributed by atoms with Gasteiger partial charge in [0.15, 0.2) is 0 Å². The molecular weight excluding hydrogens is 240 g/mol. The van der Waals surface area contributed by atoms with Crippen LogP contribution in [-0.2, 0) is 19.4 Å². The van der Waals surface area contributed by atoms with Crippen LogP contribution in [-0.4, -0.2) is 22.5 Å². The first kappa shape index (κ1) is 16.6. The summed E-state index contributed by atoms with van der Waals surface area (Å²) in [6.45, 7) is 6.99. The van der Waals surface area contributed by atoms with Gasteiger partial charge in [-0.05, 0) is 18.3 Å². The number of hydrogen-bond donors (Lipinski definition) is 2. The van der Waals surface area contributed by atoms with Gasteiger partial charge in [0.2, 0.25) is 0 Å². The Morgan fingerprint density at radius 1 is 1.06 bits per heavy atom. The summed E-state index contributed by atoms with van der Waals surface area (Å²) in [5.74, 6) is -2.02. The summed E-state index contributed by atoms with van der Waals surface area (Å²) >= 11 is 0. The van der Waals surface area contributed by atoms with Gasteiger partial charge in [-0.2, -0.15) is 10.5 Å². The minimum absolute atomic E-state index is 0.00231. The molecule has 0 aliphatic rings. The van der Waals surface area contributed by atoms with Crippen LogP contribution in [0.3, 0.4) is 0 Å². The van der Waals surface area contributed by atoms with Crippen molar-refractivity contribution in [3.63, 3.8) is 0 Å². The fraction of sp³-hybridized carbons (Fsp3) is 0.667. The molecule has 0 radical (unpaired) electrons. The number of hydrogen-bond acceptors (Lipinski definition) is 6. The molecule has 6 nitrogen and oxygen atoms in total. The van der Waals surface area contributed by atoms with Crippen molar-refractivity contribution in [3.8, 4) is 0 Å². The first-order chi connectivity index (χ1) is 8.29. The van der Waals surface area contributed by atoms with E-state index in [1.807, 2.05) is 6.92 Å². The molecule has 6 heteroatoms. The van der Waals surface area contributed by atoms with Gasteiger partial charge >= 0.3 is 11.9 Å². The van der Waals surface area contributed by atoms with Gasteiger partial charge in [-0.15, -0.1) is 0 Å². The van der Waals surface area contributed by atoms with Gasteiger partial charge < -0.3 is 0 Å². The molecule has 0 heterocycles. The van der Waals surface area contributed by atoms with Crippen LogP contribution in [0.1, 0.15) is 47.0 Å². The van der Waals surface area contributed by atoms with Gasteiger partial charge in [-0.25, -0.2) is 9.59 Å². The third kappa shape index (κ3) is 4.46. The van der Waals surface area contributed by atoms with Crippen molar-refractivity contribution in [3.05, 3.63) is 11.1 Å². The molecule has 0 aromatic rings. The highest BCUT2D eigenvalue weighted by Crippen LogP contribution is 2.31. The molecule has 0 aliphatic heterocycles. The van der Waals surface area contributed by atoms with Crippen LogP contribution >= 0.6 is 0 Å². The smallest absolute Gasteiger partial charge is 0.296 e. The number of carbonyl (C=O) groups excluding carboxylic acids is 2. The molecule has 0 rings (SSSR count). The number of unbranched alkanes of at least 4 members (excludes halogenated alkanes) is 1. The highest BCUT2D eigenvalue weighted by atomic mass is 17.1. The lowest BCUT2D eigenvalue weighted by Crippen LogP contribution is -2.25. The molecule has 0 aromatic carbocycles. The molecule has 0 saturated heterocycles. The Balaban J connectivity index is 5.68. The summed E-state index contributed by atoms with van der Waals surface area (Å²) in [5.41, 5.74) is -0.708. The lowest BCUT2D eigenvalue weighted by atomic mass is 9.82. The Kier molecular flexibility index (Phi) is 6.57. The maximum absolute atomic E-state index is 11.6. The van der Waals surface area contributed by atoms with Gasteiger partial charge in [0, 0.05) is 0 Å². The van der Waals surface area contributed by atoms with E-state index >= 15 is 0 Å². The largest absolute Gasteiger partial charge is 0.369 e. The van der Waals surface area contributed by atoms with E-state index in [1.54, 1.807) is 20.8 Å². The fourth-order valence-electron chi connectivity index (χ4n) is 1.67. The van der Waals surface area contributed by atoms with E-state index in [9.17, 15) is 9.59 Å². The van der Waals surface area contributed by atoms with Crippen LogP contribution < -0.4 is 0 Å². The van der Waals surface area contributed by atoms with Gasteiger partial charge in [-0.3, -0.25) is 9.78 Å². The summed E-state index contributed by atoms with van der Waals surface area (Å²) in [6.07, 6.45) is 1.70. The van der Waals surface area contributed by atoms with Crippen LogP contribution in [0, 0.1) is 5.41 Å². The second-order valence-corrected chi connectivity index (χ2v) is 4.96. The third-order valence-corrected chi connectivity index (χ3v) is 2.45. The van der Waals surface area contributed by atoms with E-state index in [4.69, 9.17) is 10.5 Å². The van der Waals surface area contributed by atoms with Crippen LogP contribution in [0.2, 0.25) is 0 Å². The molecule has 2 N–H and O–H groups in total. The Labute approximate surface area is 106 Å². The van der Waals surface area contributed by atoms with Gasteiger partial charge in [0.05, 0.1) is 11.1 Å². The molecule has 18 heavy (non-hydrogen) atoms. The summed E-state index contributed by atoms with van der Waals surface area (Å²) in [7, 11) is 0. The zero-order chi connectivity index (χ0) is 14.3. The molecule has 0 amide bonds. The van der Waals surface area contributed by atoms with Gasteiger partial charge in [0.25, 0.3) is 0 Å². The molecule has 0 bridgehead atoms. The normalized spacial score (nSPS) is 12.8. The molecule has 0 atom stereocenters. The maximum atomic E-state index is 11.6. The zero-order valence-corrected chi connectivity index (χ0v) is 11.1. The van der Waals surface area contributed by atoms with Crippen molar-refractivity contribution in [2.75, 3.05) is 0 Å². The average molecular weight is 260 g/mol. The van der Waals surface area contributed by atoms with E-state index in [0.29, 0.717) is 6.42 Å². The lowest BCUT2D eigenvalue weighted by molar-refractivity contribution is -0.233. The van der Waals surface area contributed by atoms with E-state index < -0.39 is 17.4 Å². The first-order valence-electron chi connectivity index (χ1n) is 5.74. The number of rotatable bonds is 5. The molecule has 0 aliphatic carbocycles. The maximum Gasteiger partial charge on any atom is 0.369 e. The Morgan fingerprint density at radius 2 is 1.56 bits per heavy atom. The van der Waals surface area contributed by atoms with Gasteiger partial charge in [0.1, 0.15) is 0 Å². The zero-order valence-electron chi connectivity index (χ0n) is 11.1. The fourth-order valence-corrected chi connectivity index (χ4v) is 1.67. The Hall–Kier alpha value is -1.40. The van der Waals surface area contributed by atoms with Crippen LogP contribution in [0.5, 0.6) is 0 Å². The van der Waals surface area contributed by atoms with Crippen molar-refractivity contribution < 1.29 is 29.9 Å². The van der Waals surface area contributed by atoms with Crippen molar-refractivity contribution in [2.24, 2.45) is 5.41 Å². The molecule has 0 fully saturated rings. The van der Waals surface area contributed by atoms with E-state index in [0.717, 1.165) is 6.42 Å². The molecule has 104 valence electrons. The Morgan fingerprint density at radius 3 is 1.89 bits per heavy atom. The lowest BCUT2D eigenvalue weighted by Gasteiger charge is -2.22. The third-order valence-electron chi connectivity index (χ3n) is 2.45. The molecule has 0 aromatic heterocycles. The highest BCUT2D eigenvalue weighted by molar-refractivity contribution is 6.00. The quantitative estimate of drug-likeness (QED) is 0.448. The minimum Gasteiger partial charge on any atom is -0.296 e. The van der Waals surface area contributed by atoms with Crippen molar-refractivity contribution in [1.29, 1.82) is 0 Å². The topological polar surface area (TPSA) is 93.1 Å². The highest BCUT2D eigenvalue weighted by Gasteiger charge is 2.32. The summed E-state index contributed by atoms with van der Waals surface area (Å²) in [4.78, 5) is 30.5. The average Bonchev–Trinajstić information content (AvgIpc) is 2.30. The van der Waals surface area contributed by atoms with Crippen molar-refractivity contribution >= 4 is 11.9 Å². The second-order valence-electron chi connectivity index (χ2n) is 4.96. The van der Waals surface area contributed by atoms with Gasteiger partial charge in [-0.1, -0.05) is 34.1 Å². The summed E-state index contributed by atoms with van der Waals surface area (Å²) < 4.78 is 0. The monoisotopic (exact) mass is 260 g/mol. The van der Waals surface area contributed by atoms with E-state index in [1.165, 1.54) is 0 Å². The van der Waals surface area contributed by atoms with E-state index in [-0.39, 0.29) is 17.6 Å². The molecule has 0 unspecified atom stereocenters. The van der Waals surface area contributed by atoms with Crippen molar-refractivity contribution in [1.82, 2.24) is 0 Å². The Bertz CT molecular complexity index is 337. The molecular formula is C12H20O6. The summed E-state index contributed by atoms with van der Waals surface area (Å²) in [5, 5.41) is 17.0. The first-order valence-corrected chi connectivity index (χ1v) is 5.74. The standard InChI is InChI=1S/C12H20O6/c1-5-6-7-8(10(13)17-15)9(11(14)18-16)12(2,3)4/h15-16H,5-7H2,1-4H3. The minimum atomic E-state index is -1.01. The van der Waals surface area contributed by atoms with Crippen LogP contribution in [0.4, 0.5) is 0 Å². The number of carbonyl (C=O) groups is 2. The SMILES string of the molecule is CCCCC(C(=O)OO)=C(C(=O)OO)C(C)(C)C. The predicted molar refractivity (Wildman–Crippen MR) is 63.4 cm³/mol. The molecule has 0 spiro atoms.